The molecule has 0 radical (unpaired) electrons. The first-order valence-corrected chi connectivity index (χ1v) is 10.2. The second kappa shape index (κ2) is 7.90. The summed E-state index contributed by atoms with van der Waals surface area (Å²) >= 11 is 1.46. The first-order chi connectivity index (χ1) is 14.1. The number of anilines is 1. The predicted molar refractivity (Wildman–Crippen MR) is 118 cm³/mol. The van der Waals surface area contributed by atoms with Crippen LogP contribution in [-0.2, 0) is 13.1 Å². The van der Waals surface area contributed by atoms with E-state index in [0.717, 1.165) is 27.9 Å². The standard InChI is InChI=1S/C23H20N4OS/c1-15-10-16(2)12-18(11-15)25-13-20-26-22-21(23(28)27(20)9-8-24)19(14-29-22)17-6-4-3-5-7-17/h3-7,10-12,14,25H,9,13H2,1-2H3. The van der Waals surface area contributed by atoms with Crippen LogP contribution >= 0.6 is 11.3 Å². The van der Waals surface area contributed by atoms with Crippen molar-refractivity contribution in [3.63, 3.8) is 0 Å². The number of fused-ring (bicyclic) bond motifs is 1. The third kappa shape index (κ3) is 3.78. The van der Waals surface area contributed by atoms with Crippen LogP contribution in [0.2, 0.25) is 0 Å². The van der Waals surface area contributed by atoms with Gasteiger partial charge >= 0.3 is 0 Å². The van der Waals surface area contributed by atoms with Gasteiger partial charge in [0, 0.05) is 16.6 Å². The molecule has 29 heavy (non-hydrogen) atoms. The Morgan fingerprint density at radius 2 is 1.86 bits per heavy atom. The smallest absolute Gasteiger partial charge is 0.263 e. The van der Waals surface area contributed by atoms with Crippen molar-refractivity contribution in [2.24, 2.45) is 0 Å². The second-order valence-electron chi connectivity index (χ2n) is 7.00. The molecule has 0 aliphatic heterocycles. The van der Waals surface area contributed by atoms with Crippen LogP contribution in [0.4, 0.5) is 5.69 Å². The number of benzene rings is 2. The molecule has 6 heteroatoms. The first kappa shape index (κ1) is 18.9. The van der Waals surface area contributed by atoms with E-state index in [1.807, 2.05) is 49.6 Å². The molecule has 0 unspecified atom stereocenters. The Kier molecular flexibility index (Phi) is 5.15. The highest BCUT2D eigenvalue weighted by molar-refractivity contribution is 7.17. The number of nitrogens with zero attached hydrogens (tertiary/aromatic N) is 3. The Morgan fingerprint density at radius 3 is 2.55 bits per heavy atom. The maximum absolute atomic E-state index is 13.3. The van der Waals surface area contributed by atoms with Gasteiger partial charge in [-0.2, -0.15) is 5.26 Å². The summed E-state index contributed by atoms with van der Waals surface area (Å²) in [4.78, 5) is 18.7. The summed E-state index contributed by atoms with van der Waals surface area (Å²) in [5, 5.41) is 15.2. The molecule has 0 bridgehead atoms. The van der Waals surface area contributed by atoms with E-state index in [-0.39, 0.29) is 12.1 Å². The van der Waals surface area contributed by atoms with Gasteiger partial charge in [0.2, 0.25) is 0 Å². The maximum atomic E-state index is 13.3. The summed E-state index contributed by atoms with van der Waals surface area (Å²) in [7, 11) is 0. The molecule has 4 aromatic rings. The number of rotatable bonds is 5. The average Bonchev–Trinajstić information content (AvgIpc) is 3.13. The first-order valence-electron chi connectivity index (χ1n) is 9.32. The van der Waals surface area contributed by atoms with Crippen molar-refractivity contribution in [1.82, 2.24) is 9.55 Å². The van der Waals surface area contributed by atoms with Gasteiger partial charge in [-0.05, 0) is 42.7 Å². The van der Waals surface area contributed by atoms with E-state index >= 15 is 0 Å². The number of nitrogens with one attached hydrogen (secondary N) is 1. The van der Waals surface area contributed by atoms with Crippen LogP contribution in [0, 0.1) is 25.2 Å². The zero-order valence-electron chi connectivity index (χ0n) is 16.3. The lowest BCUT2D eigenvalue weighted by atomic mass is 10.1. The van der Waals surface area contributed by atoms with Crippen molar-refractivity contribution in [3.8, 4) is 17.2 Å². The van der Waals surface area contributed by atoms with Gasteiger partial charge in [0.25, 0.3) is 5.56 Å². The van der Waals surface area contributed by atoms with Crippen LogP contribution in [0.25, 0.3) is 21.3 Å². The van der Waals surface area contributed by atoms with Crippen LogP contribution in [0.1, 0.15) is 17.0 Å². The van der Waals surface area contributed by atoms with E-state index in [9.17, 15) is 10.1 Å². The van der Waals surface area contributed by atoms with Gasteiger partial charge in [0.05, 0.1) is 18.0 Å². The van der Waals surface area contributed by atoms with Crippen LogP contribution in [-0.4, -0.2) is 9.55 Å². The fraction of sp³-hybridized carbons (Fsp3) is 0.174. The molecule has 4 rings (SSSR count). The summed E-state index contributed by atoms with van der Waals surface area (Å²) in [6, 6.07) is 18.1. The van der Waals surface area contributed by atoms with E-state index < -0.39 is 0 Å². The summed E-state index contributed by atoms with van der Waals surface area (Å²) in [5.74, 6) is 0.560. The largest absolute Gasteiger partial charge is 0.378 e. The molecule has 0 amide bonds. The topological polar surface area (TPSA) is 70.7 Å². The highest BCUT2D eigenvalue weighted by Gasteiger charge is 2.17. The molecule has 0 fully saturated rings. The fourth-order valence-corrected chi connectivity index (χ4v) is 4.48. The van der Waals surface area contributed by atoms with E-state index in [1.54, 1.807) is 0 Å². The number of hydrogen-bond donors (Lipinski definition) is 1. The maximum Gasteiger partial charge on any atom is 0.263 e. The molecule has 0 aliphatic carbocycles. The number of aromatic nitrogens is 2. The molecule has 2 aromatic carbocycles. The molecular weight excluding hydrogens is 380 g/mol. The molecule has 144 valence electrons. The second-order valence-corrected chi connectivity index (χ2v) is 7.86. The highest BCUT2D eigenvalue weighted by atomic mass is 32.1. The van der Waals surface area contributed by atoms with E-state index in [2.05, 4.69) is 29.6 Å². The summed E-state index contributed by atoms with van der Waals surface area (Å²) in [6.07, 6.45) is 0. The minimum atomic E-state index is -0.172. The van der Waals surface area contributed by atoms with Gasteiger partial charge in [-0.3, -0.25) is 9.36 Å². The molecule has 2 aromatic heterocycles. The quantitative estimate of drug-likeness (QED) is 0.518. The Labute approximate surface area is 172 Å². The molecule has 0 saturated carbocycles. The van der Waals surface area contributed by atoms with Crippen LogP contribution in [0.3, 0.4) is 0 Å². The normalized spacial score (nSPS) is 10.8. The lowest BCUT2D eigenvalue weighted by Crippen LogP contribution is -2.26. The molecule has 5 nitrogen and oxygen atoms in total. The SMILES string of the molecule is Cc1cc(C)cc(NCc2nc3scc(-c4ccccc4)c3c(=O)n2CC#N)c1. The molecular formula is C23H20N4OS. The van der Waals surface area contributed by atoms with Crippen LogP contribution in [0.5, 0.6) is 0 Å². The molecule has 0 aliphatic rings. The number of hydrogen-bond acceptors (Lipinski definition) is 5. The lowest BCUT2D eigenvalue weighted by Gasteiger charge is -2.13. The van der Waals surface area contributed by atoms with Crippen molar-refractivity contribution in [2.45, 2.75) is 26.9 Å². The van der Waals surface area contributed by atoms with E-state index in [4.69, 9.17) is 4.98 Å². The van der Waals surface area contributed by atoms with Gasteiger partial charge in [0.1, 0.15) is 17.2 Å². The van der Waals surface area contributed by atoms with Crippen molar-refractivity contribution < 1.29 is 0 Å². The van der Waals surface area contributed by atoms with Gasteiger partial charge in [0.15, 0.2) is 0 Å². The highest BCUT2D eigenvalue weighted by Crippen LogP contribution is 2.31. The third-order valence-corrected chi connectivity index (χ3v) is 5.63. The van der Waals surface area contributed by atoms with Gasteiger partial charge < -0.3 is 5.32 Å². The van der Waals surface area contributed by atoms with Crippen LogP contribution in [0.15, 0.2) is 58.7 Å². The summed E-state index contributed by atoms with van der Waals surface area (Å²) in [5.41, 5.74) is 4.96. The minimum Gasteiger partial charge on any atom is -0.378 e. The molecule has 1 N–H and O–H groups in total. The zero-order chi connectivity index (χ0) is 20.4. The molecule has 0 spiro atoms. The third-order valence-electron chi connectivity index (χ3n) is 4.76. The lowest BCUT2D eigenvalue weighted by molar-refractivity contribution is 0.710. The number of thiophene rings is 1. The van der Waals surface area contributed by atoms with Crippen molar-refractivity contribution >= 4 is 27.2 Å². The zero-order valence-corrected chi connectivity index (χ0v) is 17.1. The Bertz CT molecular complexity index is 1260. The van der Waals surface area contributed by atoms with Crippen molar-refractivity contribution in [1.29, 1.82) is 5.26 Å². The van der Waals surface area contributed by atoms with Gasteiger partial charge in [-0.15, -0.1) is 11.3 Å². The van der Waals surface area contributed by atoms with Gasteiger partial charge in [-0.1, -0.05) is 36.4 Å². The Morgan fingerprint density at radius 1 is 1.14 bits per heavy atom. The average molecular weight is 401 g/mol. The van der Waals surface area contributed by atoms with E-state index in [1.165, 1.54) is 15.9 Å². The molecule has 0 saturated heterocycles. The van der Waals surface area contributed by atoms with Crippen LogP contribution < -0.4 is 10.9 Å². The summed E-state index contributed by atoms with van der Waals surface area (Å²) in [6.45, 7) is 4.43. The molecule has 2 heterocycles. The Hall–Kier alpha value is -3.43. The van der Waals surface area contributed by atoms with Crippen molar-refractivity contribution in [2.75, 3.05) is 5.32 Å². The summed E-state index contributed by atoms with van der Waals surface area (Å²) < 4.78 is 1.47. The molecule has 0 atom stereocenters. The van der Waals surface area contributed by atoms with Gasteiger partial charge in [-0.25, -0.2) is 4.98 Å². The minimum absolute atomic E-state index is 0.0320. The Balaban J connectivity index is 1.77. The van der Waals surface area contributed by atoms with E-state index in [0.29, 0.717) is 22.6 Å². The predicted octanol–water partition coefficient (Wildman–Crippen LogP) is 4.88. The number of aryl methyl sites for hydroxylation is 2. The van der Waals surface area contributed by atoms with Crippen molar-refractivity contribution in [3.05, 3.63) is 81.2 Å². The monoisotopic (exact) mass is 400 g/mol. The fourth-order valence-electron chi connectivity index (χ4n) is 3.52. The number of nitriles is 1.